The van der Waals surface area contributed by atoms with Crippen molar-refractivity contribution in [2.24, 2.45) is 0 Å². The monoisotopic (exact) mass is 522 g/mol. The molecule has 2 aromatic carbocycles. The van der Waals surface area contributed by atoms with Crippen molar-refractivity contribution in [3.63, 3.8) is 0 Å². The summed E-state index contributed by atoms with van der Waals surface area (Å²) in [5.74, 6) is 0.380. The quantitative estimate of drug-likeness (QED) is 0.384. The molecule has 0 spiro atoms. The van der Waals surface area contributed by atoms with Crippen molar-refractivity contribution in [3.8, 4) is 11.4 Å². The zero-order valence-corrected chi connectivity index (χ0v) is 21.7. The van der Waals surface area contributed by atoms with E-state index in [0.717, 1.165) is 11.1 Å². The number of piperazine rings is 1. The van der Waals surface area contributed by atoms with E-state index < -0.39 is 21.3 Å². The molecule has 10 nitrogen and oxygen atoms in total. The second-order valence-corrected chi connectivity index (χ2v) is 11.3. The molecule has 37 heavy (non-hydrogen) atoms. The van der Waals surface area contributed by atoms with Crippen LogP contribution in [0.4, 0.5) is 0 Å². The van der Waals surface area contributed by atoms with Crippen LogP contribution >= 0.6 is 0 Å². The maximum Gasteiger partial charge on any atom is 0.330 e. The highest BCUT2D eigenvalue weighted by Gasteiger charge is 2.28. The lowest BCUT2D eigenvalue weighted by atomic mass is 10.1. The summed E-state index contributed by atoms with van der Waals surface area (Å²) < 4.78 is 29.2. The second-order valence-electron chi connectivity index (χ2n) is 9.39. The van der Waals surface area contributed by atoms with Gasteiger partial charge in [-0.3, -0.25) is 19.2 Å². The van der Waals surface area contributed by atoms with Gasteiger partial charge in [0.2, 0.25) is 10.0 Å². The van der Waals surface area contributed by atoms with E-state index in [0.29, 0.717) is 50.5 Å². The van der Waals surface area contributed by atoms with Crippen LogP contribution in [-0.2, 0) is 23.1 Å². The largest absolute Gasteiger partial charge is 0.332 e. The molecule has 4 aromatic rings. The SMILES string of the molecule is CCCn1c(=O)[nH]c2nc(-c3ccc(S(=O)(=O)N4CCN(Cc5cccc(C)c5)CC4)cc3)[nH]c2c1=O. The summed E-state index contributed by atoms with van der Waals surface area (Å²) in [6.07, 6.45) is 0.646. The minimum Gasteiger partial charge on any atom is -0.332 e. The van der Waals surface area contributed by atoms with Crippen LogP contribution in [0.15, 0.2) is 63.0 Å². The van der Waals surface area contributed by atoms with Crippen molar-refractivity contribution in [1.29, 1.82) is 0 Å². The van der Waals surface area contributed by atoms with Crippen LogP contribution in [0.25, 0.3) is 22.6 Å². The van der Waals surface area contributed by atoms with Crippen LogP contribution in [0, 0.1) is 6.92 Å². The van der Waals surface area contributed by atoms with Gasteiger partial charge < -0.3 is 4.98 Å². The van der Waals surface area contributed by atoms with Gasteiger partial charge in [0.05, 0.1) is 4.90 Å². The fourth-order valence-electron chi connectivity index (χ4n) is 4.71. The molecule has 0 bridgehead atoms. The summed E-state index contributed by atoms with van der Waals surface area (Å²) in [4.78, 5) is 37.3. The Hall–Kier alpha value is -3.54. The highest BCUT2D eigenvalue weighted by molar-refractivity contribution is 7.89. The average Bonchev–Trinajstić information content (AvgIpc) is 3.31. The van der Waals surface area contributed by atoms with Crippen LogP contribution in [0.5, 0.6) is 0 Å². The number of fused-ring (bicyclic) bond motifs is 1. The Labute approximate surface area is 214 Å². The van der Waals surface area contributed by atoms with E-state index in [-0.39, 0.29) is 16.1 Å². The summed E-state index contributed by atoms with van der Waals surface area (Å²) in [7, 11) is -3.64. The summed E-state index contributed by atoms with van der Waals surface area (Å²) in [6.45, 7) is 7.25. The van der Waals surface area contributed by atoms with Gasteiger partial charge in [-0.25, -0.2) is 18.2 Å². The number of nitrogens with zero attached hydrogens (tertiary/aromatic N) is 4. The van der Waals surface area contributed by atoms with Gasteiger partial charge in [0, 0.05) is 44.8 Å². The fraction of sp³-hybridized carbons (Fsp3) is 0.346. The van der Waals surface area contributed by atoms with Crippen molar-refractivity contribution in [2.75, 3.05) is 26.2 Å². The van der Waals surface area contributed by atoms with Crippen molar-refractivity contribution < 1.29 is 8.42 Å². The molecule has 0 atom stereocenters. The average molecular weight is 523 g/mol. The summed E-state index contributed by atoms with van der Waals surface area (Å²) in [5, 5.41) is 0. The number of H-pyrrole nitrogens is 2. The molecule has 1 aliphatic rings. The summed E-state index contributed by atoms with van der Waals surface area (Å²) in [6, 6.07) is 14.8. The number of nitrogens with one attached hydrogen (secondary N) is 2. The molecule has 1 fully saturated rings. The van der Waals surface area contributed by atoms with E-state index in [1.54, 1.807) is 24.3 Å². The number of benzene rings is 2. The van der Waals surface area contributed by atoms with Crippen LogP contribution in [0.3, 0.4) is 0 Å². The Balaban J connectivity index is 1.30. The van der Waals surface area contributed by atoms with E-state index in [4.69, 9.17) is 0 Å². The van der Waals surface area contributed by atoms with E-state index in [1.807, 2.05) is 13.0 Å². The molecule has 2 N–H and O–H groups in total. The Morgan fingerprint density at radius 3 is 2.38 bits per heavy atom. The summed E-state index contributed by atoms with van der Waals surface area (Å²) >= 11 is 0. The molecular formula is C26H30N6O4S. The maximum atomic E-state index is 13.3. The molecule has 2 aromatic heterocycles. The minimum absolute atomic E-state index is 0.178. The molecule has 0 amide bonds. The molecule has 0 unspecified atom stereocenters. The molecule has 11 heteroatoms. The first kappa shape index (κ1) is 25.1. The van der Waals surface area contributed by atoms with Gasteiger partial charge in [0.15, 0.2) is 5.65 Å². The number of sulfonamides is 1. The lowest BCUT2D eigenvalue weighted by molar-refractivity contribution is 0.181. The molecule has 1 aliphatic heterocycles. The molecular weight excluding hydrogens is 492 g/mol. The number of aromatic amines is 2. The third kappa shape index (κ3) is 5.02. The Morgan fingerprint density at radius 2 is 1.70 bits per heavy atom. The van der Waals surface area contributed by atoms with E-state index >= 15 is 0 Å². The van der Waals surface area contributed by atoms with E-state index in [9.17, 15) is 18.0 Å². The van der Waals surface area contributed by atoms with Gasteiger partial charge in [-0.15, -0.1) is 0 Å². The number of aryl methyl sites for hydroxylation is 1. The third-order valence-corrected chi connectivity index (χ3v) is 8.58. The van der Waals surface area contributed by atoms with Crippen molar-refractivity contribution in [2.45, 2.75) is 38.3 Å². The van der Waals surface area contributed by atoms with Crippen LogP contribution in [0.1, 0.15) is 24.5 Å². The van der Waals surface area contributed by atoms with Crippen LogP contribution in [0.2, 0.25) is 0 Å². The molecule has 1 saturated heterocycles. The molecule has 0 aliphatic carbocycles. The van der Waals surface area contributed by atoms with Gasteiger partial charge in [-0.2, -0.15) is 4.31 Å². The number of aromatic nitrogens is 4. The lowest BCUT2D eigenvalue weighted by Crippen LogP contribution is -2.48. The second kappa shape index (κ2) is 10.1. The maximum absolute atomic E-state index is 13.3. The Kier molecular flexibility index (Phi) is 6.84. The Bertz CT molecular complexity index is 1650. The normalized spacial score (nSPS) is 15.4. The minimum atomic E-state index is -3.64. The number of rotatable bonds is 7. The summed E-state index contributed by atoms with van der Waals surface area (Å²) in [5.41, 5.74) is 2.51. The topological polar surface area (TPSA) is 124 Å². The van der Waals surface area contributed by atoms with Crippen molar-refractivity contribution in [3.05, 3.63) is 80.5 Å². The number of imidazole rings is 1. The highest BCUT2D eigenvalue weighted by atomic mass is 32.2. The number of hydrogen-bond acceptors (Lipinski definition) is 6. The standard InChI is InChI=1S/C26H30N6O4S/c1-3-11-32-25(33)22-24(29-26(32)34)28-23(27-22)20-7-9-21(10-8-20)37(35,36)31-14-12-30(13-15-31)17-19-6-4-5-18(2)16-19/h4-10,16H,3,11-15,17H2,1-2H3,(H,27,28)(H,29,34). The third-order valence-electron chi connectivity index (χ3n) is 6.67. The van der Waals surface area contributed by atoms with Gasteiger partial charge in [-0.05, 0) is 43.2 Å². The van der Waals surface area contributed by atoms with Gasteiger partial charge in [0.25, 0.3) is 5.56 Å². The predicted octanol–water partition coefficient (Wildman–Crippen LogP) is 2.30. The first-order valence-electron chi connectivity index (χ1n) is 12.4. The lowest BCUT2D eigenvalue weighted by Gasteiger charge is -2.34. The van der Waals surface area contributed by atoms with Crippen molar-refractivity contribution in [1.82, 2.24) is 28.7 Å². The first-order valence-corrected chi connectivity index (χ1v) is 13.8. The van der Waals surface area contributed by atoms with Gasteiger partial charge in [0.1, 0.15) is 11.3 Å². The van der Waals surface area contributed by atoms with Crippen LogP contribution in [-0.4, -0.2) is 63.3 Å². The zero-order chi connectivity index (χ0) is 26.2. The molecule has 5 rings (SSSR count). The molecule has 0 radical (unpaired) electrons. The smallest absolute Gasteiger partial charge is 0.330 e. The molecule has 0 saturated carbocycles. The van der Waals surface area contributed by atoms with Crippen molar-refractivity contribution >= 4 is 21.2 Å². The van der Waals surface area contributed by atoms with Crippen LogP contribution < -0.4 is 11.2 Å². The predicted molar refractivity (Wildman–Crippen MR) is 142 cm³/mol. The number of hydrogen-bond donors (Lipinski definition) is 2. The van der Waals surface area contributed by atoms with E-state index in [2.05, 4.69) is 45.0 Å². The van der Waals surface area contributed by atoms with E-state index in [1.165, 1.54) is 15.4 Å². The molecule has 3 heterocycles. The first-order chi connectivity index (χ1) is 17.8. The van der Waals surface area contributed by atoms with Gasteiger partial charge in [-0.1, -0.05) is 36.8 Å². The fourth-order valence-corrected chi connectivity index (χ4v) is 6.13. The molecule has 194 valence electrons. The highest BCUT2D eigenvalue weighted by Crippen LogP contribution is 2.23. The Morgan fingerprint density at radius 1 is 0.973 bits per heavy atom. The zero-order valence-electron chi connectivity index (χ0n) is 20.9. The van der Waals surface area contributed by atoms with Gasteiger partial charge >= 0.3 is 5.69 Å².